The van der Waals surface area contributed by atoms with E-state index in [0.29, 0.717) is 11.6 Å². The van der Waals surface area contributed by atoms with Crippen LogP contribution in [0, 0.1) is 0 Å². The number of nitrogens with two attached hydrogens (primary N) is 1. The summed E-state index contributed by atoms with van der Waals surface area (Å²) in [5.74, 6) is 1.85. The van der Waals surface area contributed by atoms with Crippen LogP contribution >= 0.6 is 23.4 Å². The van der Waals surface area contributed by atoms with E-state index in [9.17, 15) is 0 Å². The van der Waals surface area contributed by atoms with Crippen molar-refractivity contribution in [3.8, 4) is 5.75 Å². The van der Waals surface area contributed by atoms with E-state index in [1.165, 1.54) is 0 Å². The van der Waals surface area contributed by atoms with Crippen LogP contribution in [0.15, 0.2) is 18.2 Å². The van der Waals surface area contributed by atoms with Crippen LogP contribution in [0.25, 0.3) is 0 Å². The summed E-state index contributed by atoms with van der Waals surface area (Å²) >= 11 is 7.92. The van der Waals surface area contributed by atoms with Crippen LogP contribution in [-0.4, -0.2) is 18.6 Å². The molecule has 0 fully saturated rings. The van der Waals surface area contributed by atoms with Gasteiger partial charge in [-0.15, -0.1) is 0 Å². The zero-order valence-electron chi connectivity index (χ0n) is 9.70. The molecule has 0 unspecified atom stereocenters. The van der Waals surface area contributed by atoms with Gasteiger partial charge in [-0.25, -0.2) is 0 Å². The summed E-state index contributed by atoms with van der Waals surface area (Å²) in [6.45, 7) is 2.64. The lowest BCUT2D eigenvalue weighted by Crippen LogP contribution is -2.05. The van der Waals surface area contributed by atoms with Gasteiger partial charge in [0, 0.05) is 6.04 Å². The van der Waals surface area contributed by atoms with E-state index in [4.69, 9.17) is 22.1 Å². The standard InChI is InChI=1S/C12H18ClNOS/c1-9(14)10-4-5-12(11(13)8-10)15-6-3-7-16-2/h4-5,8-9H,3,6-7,14H2,1-2H3/t9-/m1/s1. The molecule has 0 spiro atoms. The summed E-state index contributed by atoms with van der Waals surface area (Å²) in [6.07, 6.45) is 3.12. The molecule has 0 saturated heterocycles. The van der Waals surface area contributed by atoms with Crippen molar-refractivity contribution in [1.82, 2.24) is 0 Å². The highest BCUT2D eigenvalue weighted by molar-refractivity contribution is 7.98. The van der Waals surface area contributed by atoms with Gasteiger partial charge in [0.2, 0.25) is 0 Å². The zero-order chi connectivity index (χ0) is 12.0. The van der Waals surface area contributed by atoms with Crippen LogP contribution < -0.4 is 10.5 Å². The summed E-state index contributed by atoms with van der Waals surface area (Å²) in [5, 5.41) is 0.638. The van der Waals surface area contributed by atoms with Crippen molar-refractivity contribution < 1.29 is 4.74 Å². The minimum atomic E-state index is 0.00282. The molecule has 1 atom stereocenters. The highest BCUT2D eigenvalue weighted by Gasteiger charge is 2.05. The van der Waals surface area contributed by atoms with Gasteiger partial charge >= 0.3 is 0 Å². The summed E-state index contributed by atoms with van der Waals surface area (Å²) < 4.78 is 5.59. The maximum Gasteiger partial charge on any atom is 0.137 e. The van der Waals surface area contributed by atoms with E-state index in [0.717, 1.165) is 23.5 Å². The van der Waals surface area contributed by atoms with Crippen molar-refractivity contribution >= 4 is 23.4 Å². The lowest BCUT2D eigenvalue weighted by molar-refractivity contribution is 0.319. The molecule has 0 radical (unpaired) electrons. The summed E-state index contributed by atoms with van der Waals surface area (Å²) in [7, 11) is 0. The normalized spacial score (nSPS) is 12.5. The lowest BCUT2D eigenvalue weighted by atomic mass is 10.1. The number of thioether (sulfide) groups is 1. The number of benzene rings is 1. The Morgan fingerprint density at radius 1 is 1.50 bits per heavy atom. The van der Waals surface area contributed by atoms with Crippen LogP contribution in [0.3, 0.4) is 0 Å². The van der Waals surface area contributed by atoms with Gasteiger partial charge in [-0.05, 0) is 43.0 Å². The fourth-order valence-electron chi connectivity index (χ4n) is 1.30. The molecule has 1 aromatic carbocycles. The maximum absolute atomic E-state index is 6.10. The molecule has 1 aromatic rings. The second kappa shape index (κ2) is 7.05. The second-order valence-electron chi connectivity index (χ2n) is 3.67. The molecule has 0 bridgehead atoms. The molecule has 0 saturated carbocycles. The Hall–Kier alpha value is -0.380. The number of rotatable bonds is 6. The Balaban J connectivity index is 2.54. The molecule has 90 valence electrons. The first kappa shape index (κ1) is 13.7. The van der Waals surface area contributed by atoms with Crippen molar-refractivity contribution in [2.45, 2.75) is 19.4 Å². The Morgan fingerprint density at radius 3 is 2.81 bits per heavy atom. The minimum Gasteiger partial charge on any atom is -0.492 e. The molecule has 0 aliphatic carbocycles. The third kappa shape index (κ3) is 4.24. The molecule has 0 heterocycles. The van der Waals surface area contributed by atoms with Crippen molar-refractivity contribution in [2.75, 3.05) is 18.6 Å². The van der Waals surface area contributed by atoms with Gasteiger partial charge in [-0.1, -0.05) is 17.7 Å². The quantitative estimate of drug-likeness (QED) is 0.795. The van der Waals surface area contributed by atoms with Crippen molar-refractivity contribution in [3.05, 3.63) is 28.8 Å². The molecule has 4 heteroatoms. The molecule has 16 heavy (non-hydrogen) atoms. The highest BCUT2D eigenvalue weighted by atomic mass is 35.5. The fraction of sp³-hybridized carbons (Fsp3) is 0.500. The van der Waals surface area contributed by atoms with Crippen LogP contribution in [-0.2, 0) is 0 Å². The molecular weight excluding hydrogens is 242 g/mol. The Bertz CT molecular complexity index is 331. The van der Waals surface area contributed by atoms with Crippen molar-refractivity contribution in [3.63, 3.8) is 0 Å². The Kier molecular flexibility index (Phi) is 6.03. The van der Waals surface area contributed by atoms with Gasteiger partial charge in [0.15, 0.2) is 0 Å². The van der Waals surface area contributed by atoms with Crippen molar-refractivity contribution in [1.29, 1.82) is 0 Å². The smallest absolute Gasteiger partial charge is 0.137 e. The number of halogens is 1. The van der Waals surface area contributed by atoms with Crippen LogP contribution in [0.5, 0.6) is 5.75 Å². The third-order valence-electron chi connectivity index (χ3n) is 2.23. The molecule has 2 N–H and O–H groups in total. The molecule has 2 nitrogen and oxygen atoms in total. The fourth-order valence-corrected chi connectivity index (χ4v) is 1.95. The van der Waals surface area contributed by atoms with Gasteiger partial charge in [0.1, 0.15) is 5.75 Å². The van der Waals surface area contributed by atoms with Crippen LogP contribution in [0.2, 0.25) is 5.02 Å². The third-order valence-corrected chi connectivity index (χ3v) is 3.22. The molecule has 0 amide bonds. The van der Waals surface area contributed by atoms with Gasteiger partial charge < -0.3 is 10.5 Å². The number of hydrogen-bond acceptors (Lipinski definition) is 3. The van der Waals surface area contributed by atoms with E-state index in [1.54, 1.807) is 0 Å². The van der Waals surface area contributed by atoms with Gasteiger partial charge in [0.05, 0.1) is 11.6 Å². The SMILES string of the molecule is CSCCCOc1ccc([C@@H](C)N)cc1Cl. The molecule has 0 aliphatic rings. The van der Waals surface area contributed by atoms with E-state index in [2.05, 4.69) is 6.26 Å². The zero-order valence-corrected chi connectivity index (χ0v) is 11.3. The maximum atomic E-state index is 6.10. The van der Waals surface area contributed by atoms with E-state index in [-0.39, 0.29) is 6.04 Å². The summed E-state index contributed by atoms with van der Waals surface area (Å²) in [5.41, 5.74) is 6.80. The number of hydrogen-bond donors (Lipinski definition) is 1. The van der Waals surface area contributed by atoms with Gasteiger partial charge in [0.25, 0.3) is 0 Å². The largest absolute Gasteiger partial charge is 0.492 e. The minimum absolute atomic E-state index is 0.00282. The van der Waals surface area contributed by atoms with E-state index < -0.39 is 0 Å². The average molecular weight is 260 g/mol. The van der Waals surface area contributed by atoms with E-state index >= 15 is 0 Å². The average Bonchev–Trinajstić information content (AvgIpc) is 2.26. The Morgan fingerprint density at radius 2 is 2.25 bits per heavy atom. The highest BCUT2D eigenvalue weighted by Crippen LogP contribution is 2.27. The van der Waals surface area contributed by atoms with Crippen LogP contribution in [0.4, 0.5) is 0 Å². The van der Waals surface area contributed by atoms with E-state index in [1.807, 2.05) is 36.9 Å². The van der Waals surface area contributed by atoms with Gasteiger partial charge in [-0.2, -0.15) is 11.8 Å². The molecule has 0 aliphatic heterocycles. The topological polar surface area (TPSA) is 35.2 Å². The Labute approximate surface area is 107 Å². The predicted molar refractivity (Wildman–Crippen MR) is 72.5 cm³/mol. The first-order valence-electron chi connectivity index (χ1n) is 5.32. The first-order valence-corrected chi connectivity index (χ1v) is 7.09. The molecule has 0 aromatic heterocycles. The molecular formula is C12H18ClNOS. The number of ether oxygens (including phenoxy) is 1. The summed E-state index contributed by atoms with van der Waals surface area (Å²) in [6, 6.07) is 5.72. The monoisotopic (exact) mass is 259 g/mol. The summed E-state index contributed by atoms with van der Waals surface area (Å²) in [4.78, 5) is 0. The van der Waals surface area contributed by atoms with Crippen LogP contribution in [0.1, 0.15) is 24.9 Å². The first-order chi connectivity index (χ1) is 7.65. The van der Waals surface area contributed by atoms with Gasteiger partial charge in [-0.3, -0.25) is 0 Å². The second-order valence-corrected chi connectivity index (χ2v) is 5.07. The van der Waals surface area contributed by atoms with Crippen molar-refractivity contribution in [2.24, 2.45) is 5.73 Å². The lowest BCUT2D eigenvalue weighted by Gasteiger charge is -2.10. The molecule has 1 rings (SSSR count). The predicted octanol–water partition coefficient (Wildman–Crippen LogP) is 3.49.